The van der Waals surface area contributed by atoms with Gasteiger partial charge in [-0.3, -0.25) is 9.59 Å². The van der Waals surface area contributed by atoms with Crippen molar-refractivity contribution in [1.29, 1.82) is 0 Å². The molecule has 0 aliphatic heterocycles. The molecule has 1 unspecified atom stereocenters. The maximum atomic E-state index is 15.0. The average molecular weight is 330 g/mol. The zero-order valence-corrected chi connectivity index (χ0v) is 14.3. The van der Waals surface area contributed by atoms with Gasteiger partial charge in [-0.15, -0.1) is 0 Å². The zero-order valence-electron chi connectivity index (χ0n) is 14.3. The van der Waals surface area contributed by atoms with Crippen LogP contribution in [0.5, 0.6) is 0 Å². The molecule has 0 aromatic carbocycles. The minimum absolute atomic E-state index is 0.111. The number of ketones is 2. The first-order valence-corrected chi connectivity index (χ1v) is 7.68. The van der Waals surface area contributed by atoms with Crippen LogP contribution in [0.2, 0.25) is 0 Å². The topological polar surface area (TPSA) is 60.4 Å². The van der Waals surface area contributed by atoms with Crippen LogP contribution in [0.3, 0.4) is 0 Å². The molecule has 0 saturated heterocycles. The van der Waals surface area contributed by atoms with Gasteiger partial charge in [0.2, 0.25) is 0 Å². The Morgan fingerprint density at radius 3 is 1.96 bits per heavy atom. The second-order valence-electron chi connectivity index (χ2n) is 7.47. The molecule has 1 atom stereocenters. The van der Waals surface area contributed by atoms with E-state index in [1.165, 1.54) is 12.9 Å². The van der Waals surface area contributed by atoms with Crippen molar-refractivity contribution in [3.05, 3.63) is 5.76 Å². The second-order valence-corrected chi connectivity index (χ2v) is 7.47. The lowest BCUT2D eigenvalue weighted by molar-refractivity contribution is -0.144. The third kappa shape index (κ3) is 4.96. The second kappa shape index (κ2) is 6.52. The van der Waals surface area contributed by atoms with Gasteiger partial charge in [0.15, 0.2) is 23.2 Å². The van der Waals surface area contributed by atoms with Crippen molar-refractivity contribution in [2.24, 2.45) is 5.92 Å². The largest absolute Gasteiger partial charge is 0.480 e. The molecule has 1 fully saturated rings. The molecule has 4 nitrogen and oxygen atoms in total. The summed E-state index contributed by atoms with van der Waals surface area (Å²) in [6.45, 7) is 7.35. The SMILES string of the molecule is CC(=O)C(C(=O)C1(F)CCC(C)(F)CC1)C(=C=O)OC(C)(C)C. The van der Waals surface area contributed by atoms with Crippen molar-refractivity contribution in [3.8, 4) is 0 Å². The lowest BCUT2D eigenvalue weighted by atomic mass is 9.73. The first-order valence-electron chi connectivity index (χ1n) is 7.68. The molecule has 0 bridgehead atoms. The summed E-state index contributed by atoms with van der Waals surface area (Å²) >= 11 is 0. The Kier molecular flexibility index (Phi) is 5.53. The molecule has 0 radical (unpaired) electrons. The monoisotopic (exact) mass is 330 g/mol. The van der Waals surface area contributed by atoms with Crippen molar-refractivity contribution >= 4 is 17.5 Å². The highest BCUT2D eigenvalue weighted by atomic mass is 19.1. The van der Waals surface area contributed by atoms with Gasteiger partial charge in [-0.25, -0.2) is 13.6 Å². The number of ether oxygens (including phenoxy) is 1. The number of carbonyl (C=O) groups is 2. The molecule has 1 rings (SSSR count). The van der Waals surface area contributed by atoms with Gasteiger partial charge in [0, 0.05) is 0 Å². The number of rotatable bonds is 5. The van der Waals surface area contributed by atoms with Crippen LogP contribution in [0.15, 0.2) is 5.76 Å². The maximum absolute atomic E-state index is 15.0. The van der Waals surface area contributed by atoms with Gasteiger partial charge in [0.25, 0.3) is 0 Å². The molecule has 0 aromatic heterocycles. The van der Waals surface area contributed by atoms with Gasteiger partial charge in [-0.2, -0.15) is 0 Å². The van der Waals surface area contributed by atoms with E-state index in [-0.39, 0.29) is 25.7 Å². The van der Waals surface area contributed by atoms with Gasteiger partial charge in [-0.1, -0.05) is 0 Å². The molecule has 1 saturated carbocycles. The number of hydrogen-bond acceptors (Lipinski definition) is 4. The fourth-order valence-electron chi connectivity index (χ4n) is 2.63. The molecule has 0 spiro atoms. The first kappa shape index (κ1) is 19.5. The highest BCUT2D eigenvalue weighted by Gasteiger charge is 2.51. The Balaban J connectivity index is 3.08. The third-order valence-corrected chi connectivity index (χ3v) is 3.97. The minimum atomic E-state index is -2.33. The molecule has 6 heteroatoms. The van der Waals surface area contributed by atoms with Crippen LogP contribution in [0.4, 0.5) is 8.78 Å². The molecule has 0 aromatic rings. The lowest BCUT2D eigenvalue weighted by Gasteiger charge is -2.36. The van der Waals surface area contributed by atoms with Crippen LogP contribution < -0.4 is 0 Å². The molecule has 130 valence electrons. The molecular formula is C17H24F2O4. The van der Waals surface area contributed by atoms with Crippen molar-refractivity contribution in [2.75, 3.05) is 0 Å². The van der Waals surface area contributed by atoms with Crippen molar-refractivity contribution in [3.63, 3.8) is 0 Å². The number of hydrogen-bond donors (Lipinski definition) is 0. The van der Waals surface area contributed by atoms with E-state index in [1.807, 2.05) is 0 Å². The molecule has 1 aliphatic carbocycles. The van der Waals surface area contributed by atoms with Gasteiger partial charge in [0.1, 0.15) is 23.0 Å². The van der Waals surface area contributed by atoms with Crippen molar-refractivity contribution < 1.29 is 27.9 Å². The van der Waals surface area contributed by atoms with Crippen LogP contribution in [0.25, 0.3) is 0 Å². The van der Waals surface area contributed by atoms with E-state index < -0.39 is 40.2 Å². The van der Waals surface area contributed by atoms with Crippen LogP contribution in [-0.2, 0) is 19.1 Å². The molecule has 23 heavy (non-hydrogen) atoms. The summed E-state index contributed by atoms with van der Waals surface area (Å²) in [4.78, 5) is 35.6. The predicted molar refractivity (Wildman–Crippen MR) is 81.0 cm³/mol. The normalized spacial score (nSPS) is 29.3. The van der Waals surface area contributed by atoms with E-state index in [1.54, 1.807) is 20.8 Å². The lowest BCUT2D eigenvalue weighted by Crippen LogP contribution is -2.47. The standard InChI is InChI=1S/C17H24F2O4/c1-11(21)13(12(10-20)23-15(2,3)4)14(22)17(19)8-6-16(5,18)7-9-17/h13H,6-9H2,1-5H3. The smallest absolute Gasteiger partial charge is 0.198 e. The van der Waals surface area contributed by atoms with Gasteiger partial charge in [0.05, 0.1) is 0 Å². The van der Waals surface area contributed by atoms with Gasteiger partial charge in [-0.05, 0) is 60.3 Å². The minimum Gasteiger partial charge on any atom is -0.480 e. The Labute approximate surface area is 135 Å². The molecular weight excluding hydrogens is 306 g/mol. The van der Waals surface area contributed by atoms with E-state index in [2.05, 4.69) is 0 Å². The number of allylic oxidation sites excluding steroid dienone is 1. The fraction of sp³-hybridized carbons (Fsp3) is 0.765. The Morgan fingerprint density at radius 2 is 1.61 bits per heavy atom. The number of Topliss-reactive ketones (excluding diaryl/α,β-unsaturated/α-hetero) is 2. The highest BCUT2D eigenvalue weighted by molar-refractivity contribution is 6.08. The van der Waals surface area contributed by atoms with E-state index >= 15 is 0 Å². The zero-order chi connectivity index (χ0) is 18.1. The third-order valence-electron chi connectivity index (χ3n) is 3.97. The quantitative estimate of drug-likeness (QED) is 0.441. The predicted octanol–water partition coefficient (Wildman–Crippen LogP) is 3.30. The Morgan fingerprint density at radius 1 is 1.13 bits per heavy atom. The van der Waals surface area contributed by atoms with Gasteiger partial charge < -0.3 is 4.74 Å². The molecule has 0 amide bonds. The summed E-state index contributed by atoms with van der Waals surface area (Å²) in [5, 5.41) is 0. The van der Waals surface area contributed by atoms with Crippen molar-refractivity contribution in [1.82, 2.24) is 0 Å². The fourth-order valence-corrected chi connectivity index (χ4v) is 2.63. The highest BCUT2D eigenvalue weighted by Crippen LogP contribution is 2.42. The van der Waals surface area contributed by atoms with Crippen molar-refractivity contribution in [2.45, 2.75) is 77.2 Å². The molecule has 0 N–H and O–H groups in total. The van der Waals surface area contributed by atoms with Crippen LogP contribution >= 0.6 is 0 Å². The number of halogens is 2. The number of alkyl halides is 2. The maximum Gasteiger partial charge on any atom is 0.198 e. The van der Waals surface area contributed by atoms with Crippen LogP contribution in [0.1, 0.15) is 60.3 Å². The summed E-state index contributed by atoms with van der Waals surface area (Å²) in [6, 6.07) is 0. The summed E-state index contributed by atoms with van der Waals surface area (Å²) in [7, 11) is 0. The molecule has 0 heterocycles. The van der Waals surface area contributed by atoms with Crippen LogP contribution in [0, 0.1) is 5.92 Å². The Bertz CT molecular complexity index is 529. The van der Waals surface area contributed by atoms with E-state index in [0.717, 1.165) is 6.92 Å². The average Bonchev–Trinajstić information content (AvgIpc) is 2.39. The van der Waals surface area contributed by atoms with E-state index in [0.29, 0.717) is 0 Å². The Hall–Kier alpha value is -1.55. The van der Waals surface area contributed by atoms with E-state index in [9.17, 15) is 23.2 Å². The number of carbonyl (C=O) groups excluding carboxylic acids is 3. The summed E-state index contributed by atoms with van der Waals surface area (Å²) in [5.41, 5.74) is -4.69. The van der Waals surface area contributed by atoms with Gasteiger partial charge >= 0.3 is 0 Å². The van der Waals surface area contributed by atoms with Crippen LogP contribution in [-0.4, -0.2) is 34.4 Å². The first-order chi connectivity index (χ1) is 10.3. The summed E-state index contributed by atoms with van der Waals surface area (Å²) in [6.07, 6.45) is -0.852. The summed E-state index contributed by atoms with van der Waals surface area (Å²) < 4.78 is 34.1. The summed E-state index contributed by atoms with van der Waals surface area (Å²) in [5.74, 6) is -2.43. The van der Waals surface area contributed by atoms with E-state index in [4.69, 9.17) is 4.74 Å². The molecule has 1 aliphatic rings.